The first kappa shape index (κ1) is 15.4. The SMILES string of the molecule is NC(=O)C1CCCN(C(=O)c2cc([N+](=O)[O-])ccc2Br)C1. The third kappa shape index (κ3) is 3.38. The number of carbonyl (C=O) groups is 2. The van der Waals surface area contributed by atoms with Crippen molar-refractivity contribution in [3.8, 4) is 0 Å². The van der Waals surface area contributed by atoms with Gasteiger partial charge in [-0.15, -0.1) is 0 Å². The van der Waals surface area contributed by atoms with Crippen LogP contribution in [0.2, 0.25) is 0 Å². The number of nitrogens with zero attached hydrogens (tertiary/aromatic N) is 2. The van der Waals surface area contributed by atoms with E-state index < -0.39 is 10.8 Å². The van der Waals surface area contributed by atoms with Gasteiger partial charge in [0.1, 0.15) is 0 Å². The van der Waals surface area contributed by atoms with Gasteiger partial charge in [-0.3, -0.25) is 19.7 Å². The summed E-state index contributed by atoms with van der Waals surface area (Å²) in [6.45, 7) is 0.765. The van der Waals surface area contributed by atoms with Gasteiger partial charge in [0.2, 0.25) is 5.91 Å². The maximum absolute atomic E-state index is 12.5. The molecule has 1 aliphatic heterocycles. The molecule has 1 atom stereocenters. The highest BCUT2D eigenvalue weighted by atomic mass is 79.9. The van der Waals surface area contributed by atoms with Crippen LogP contribution in [0.5, 0.6) is 0 Å². The molecule has 0 radical (unpaired) electrons. The second-order valence-electron chi connectivity index (χ2n) is 4.91. The summed E-state index contributed by atoms with van der Waals surface area (Å²) in [5, 5.41) is 10.8. The summed E-state index contributed by atoms with van der Waals surface area (Å²) in [5.74, 6) is -1.12. The van der Waals surface area contributed by atoms with Gasteiger partial charge in [0, 0.05) is 29.7 Å². The van der Waals surface area contributed by atoms with Gasteiger partial charge < -0.3 is 10.6 Å². The van der Waals surface area contributed by atoms with Gasteiger partial charge >= 0.3 is 0 Å². The van der Waals surface area contributed by atoms with E-state index in [1.54, 1.807) is 0 Å². The van der Waals surface area contributed by atoms with Crippen molar-refractivity contribution >= 4 is 33.4 Å². The van der Waals surface area contributed by atoms with Gasteiger partial charge in [-0.05, 0) is 34.8 Å². The number of hydrogen-bond donors (Lipinski definition) is 1. The fourth-order valence-electron chi connectivity index (χ4n) is 2.35. The number of carbonyl (C=O) groups excluding carboxylic acids is 2. The lowest BCUT2D eigenvalue weighted by molar-refractivity contribution is -0.384. The highest BCUT2D eigenvalue weighted by Crippen LogP contribution is 2.26. The monoisotopic (exact) mass is 355 g/mol. The molecule has 7 nitrogen and oxygen atoms in total. The third-order valence-electron chi connectivity index (χ3n) is 3.50. The molecule has 0 aromatic heterocycles. The summed E-state index contributed by atoms with van der Waals surface area (Å²) in [7, 11) is 0. The summed E-state index contributed by atoms with van der Waals surface area (Å²) >= 11 is 3.23. The van der Waals surface area contributed by atoms with E-state index in [1.807, 2.05) is 0 Å². The number of halogens is 1. The average molecular weight is 356 g/mol. The predicted molar refractivity (Wildman–Crippen MR) is 78.6 cm³/mol. The van der Waals surface area contributed by atoms with Crippen molar-refractivity contribution < 1.29 is 14.5 Å². The molecule has 0 saturated carbocycles. The summed E-state index contributed by atoms with van der Waals surface area (Å²) in [5.41, 5.74) is 5.36. The predicted octanol–water partition coefficient (Wildman–Crippen LogP) is 1.69. The largest absolute Gasteiger partial charge is 0.369 e. The zero-order valence-electron chi connectivity index (χ0n) is 11.1. The van der Waals surface area contributed by atoms with Gasteiger partial charge in [-0.2, -0.15) is 0 Å². The maximum Gasteiger partial charge on any atom is 0.270 e. The molecule has 21 heavy (non-hydrogen) atoms. The number of hydrogen-bond acceptors (Lipinski definition) is 4. The van der Waals surface area contributed by atoms with Crippen LogP contribution >= 0.6 is 15.9 Å². The highest BCUT2D eigenvalue weighted by Gasteiger charge is 2.29. The number of benzene rings is 1. The van der Waals surface area contributed by atoms with Crippen molar-refractivity contribution in [3.63, 3.8) is 0 Å². The van der Waals surface area contributed by atoms with E-state index in [-0.39, 0.29) is 29.6 Å². The molecule has 2 amide bonds. The first-order valence-electron chi connectivity index (χ1n) is 6.42. The van der Waals surface area contributed by atoms with Gasteiger partial charge in [0.15, 0.2) is 0 Å². The second kappa shape index (κ2) is 6.21. The molecular formula is C13H14BrN3O4. The molecule has 2 N–H and O–H groups in total. The maximum atomic E-state index is 12.5. The molecule has 1 aromatic rings. The summed E-state index contributed by atoms with van der Waals surface area (Å²) in [4.78, 5) is 35.5. The number of nitro benzene ring substituents is 1. The van der Waals surface area contributed by atoms with Gasteiger partial charge in [0.05, 0.1) is 16.4 Å². The van der Waals surface area contributed by atoms with Crippen molar-refractivity contribution in [3.05, 3.63) is 38.3 Å². The third-order valence-corrected chi connectivity index (χ3v) is 4.19. The summed E-state index contributed by atoms with van der Waals surface area (Å²) < 4.78 is 0.485. The molecule has 0 spiro atoms. The van der Waals surface area contributed by atoms with Crippen LogP contribution in [0.15, 0.2) is 22.7 Å². The minimum atomic E-state index is -0.550. The van der Waals surface area contributed by atoms with Crippen LogP contribution in [0.3, 0.4) is 0 Å². The molecule has 1 fully saturated rings. The molecule has 1 heterocycles. The number of nitrogens with two attached hydrogens (primary N) is 1. The lowest BCUT2D eigenvalue weighted by Gasteiger charge is -2.31. The van der Waals surface area contributed by atoms with Crippen molar-refractivity contribution in [2.24, 2.45) is 11.7 Å². The quantitative estimate of drug-likeness (QED) is 0.657. The van der Waals surface area contributed by atoms with Crippen molar-refractivity contribution in [1.29, 1.82) is 0 Å². The van der Waals surface area contributed by atoms with Crippen LogP contribution in [0.25, 0.3) is 0 Å². The Labute approximate surface area is 129 Å². The number of piperidine rings is 1. The Balaban J connectivity index is 2.25. The lowest BCUT2D eigenvalue weighted by atomic mass is 9.97. The standard InChI is InChI=1S/C13H14BrN3O4/c14-11-4-3-9(17(20)21)6-10(11)13(19)16-5-1-2-8(7-16)12(15)18/h3-4,6,8H,1-2,5,7H2,(H2,15,18). The molecule has 1 unspecified atom stereocenters. The van der Waals surface area contributed by atoms with E-state index in [1.165, 1.54) is 23.1 Å². The fourth-order valence-corrected chi connectivity index (χ4v) is 2.77. The Kier molecular flexibility index (Phi) is 4.56. The van der Waals surface area contributed by atoms with Crippen molar-refractivity contribution in [2.75, 3.05) is 13.1 Å². The fraction of sp³-hybridized carbons (Fsp3) is 0.385. The summed E-state index contributed by atoms with van der Waals surface area (Å²) in [6, 6.07) is 4.03. The van der Waals surface area contributed by atoms with Crippen LogP contribution in [0.1, 0.15) is 23.2 Å². The summed E-state index contributed by atoms with van der Waals surface area (Å²) in [6.07, 6.45) is 1.35. The van der Waals surface area contributed by atoms with Crippen LogP contribution in [-0.4, -0.2) is 34.7 Å². The van der Waals surface area contributed by atoms with E-state index in [0.717, 1.165) is 0 Å². The normalized spacial score (nSPS) is 18.3. The van der Waals surface area contributed by atoms with Crippen LogP contribution in [-0.2, 0) is 4.79 Å². The van der Waals surface area contributed by atoms with Gasteiger partial charge in [0.25, 0.3) is 11.6 Å². The zero-order chi connectivity index (χ0) is 15.6. The molecule has 8 heteroatoms. The second-order valence-corrected chi connectivity index (χ2v) is 5.77. The topological polar surface area (TPSA) is 107 Å². The molecule has 112 valence electrons. The number of amides is 2. The van der Waals surface area contributed by atoms with E-state index in [4.69, 9.17) is 5.73 Å². The number of nitro groups is 1. The molecule has 0 bridgehead atoms. The Hall–Kier alpha value is -1.96. The smallest absolute Gasteiger partial charge is 0.270 e. The zero-order valence-corrected chi connectivity index (χ0v) is 12.7. The first-order valence-corrected chi connectivity index (χ1v) is 7.22. The number of non-ortho nitro benzene ring substituents is 1. The molecule has 1 aliphatic rings. The average Bonchev–Trinajstić information content (AvgIpc) is 2.47. The Morgan fingerprint density at radius 1 is 1.43 bits per heavy atom. The Morgan fingerprint density at radius 3 is 2.76 bits per heavy atom. The van der Waals surface area contributed by atoms with E-state index in [2.05, 4.69) is 15.9 Å². The van der Waals surface area contributed by atoms with E-state index in [9.17, 15) is 19.7 Å². The van der Waals surface area contributed by atoms with E-state index in [0.29, 0.717) is 23.9 Å². The molecule has 0 aliphatic carbocycles. The minimum absolute atomic E-state index is 0.148. The minimum Gasteiger partial charge on any atom is -0.369 e. The highest BCUT2D eigenvalue weighted by molar-refractivity contribution is 9.10. The van der Waals surface area contributed by atoms with Crippen LogP contribution < -0.4 is 5.73 Å². The lowest BCUT2D eigenvalue weighted by Crippen LogP contribution is -2.44. The van der Waals surface area contributed by atoms with Crippen LogP contribution in [0, 0.1) is 16.0 Å². The molecule has 2 rings (SSSR count). The van der Waals surface area contributed by atoms with Crippen molar-refractivity contribution in [2.45, 2.75) is 12.8 Å². The number of primary amides is 1. The molecule has 1 aromatic carbocycles. The first-order chi connectivity index (χ1) is 9.90. The molecule has 1 saturated heterocycles. The van der Waals surface area contributed by atoms with Gasteiger partial charge in [-0.1, -0.05) is 0 Å². The van der Waals surface area contributed by atoms with Gasteiger partial charge in [-0.25, -0.2) is 0 Å². The Morgan fingerprint density at radius 2 is 2.14 bits per heavy atom. The van der Waals surface area contributed by atoms with E-state index >= 15 is 0 Å². The van der Waals surface area contributed by atoms with Crippen molar-refractivity contribution in [1.82, 2.24) is 4.90 Å². The Bertz CT molecular complexity index is 605. The number of rotatable bonds is 3. The molecular weight excluding hydrogens is 342 g/mol. The number of likely N-dealkylation sites (tertiary alicyclic amines) is 1. The van der Waals surface area contributed by atoms with Crippen LogP contribution in [0.4, 0.5) is 5.69 Å².